The van der Waals surface area contributed by atoms with E-state index in [0.29, 0.717) is 19.4 Å². The summed E-state index contributed by atoms with van der Waals surface area (Å²) < 4.78 is 16.7. The van der Waals surface area contributed by atoms with Gasteiger partial charge in [0.2, 0.25) is 5.91 Å². The Morgan fingerprint density at radius 2 is 0.828 bits per heavy atom. The monoisotopic (exact) mass is 1220 g/mol. The van der Waals surface area contributed by atoms with Gasteiger partial charge >= 0.3 is 5.97 Å². The van der Waals surface area contributed by atoms with E-state index >= 15 is 0 Å². The molecule has 1 amide bonds. The number of hydrogen-bond donors (Lipinski definition) is 6. The number of ether oxygens (including phenoxy) is 3. The third-order valence-electron chi connectivity index (χ3n) is 17.1. The number of amides is 1. The van der Waals surface area contributed by atoms with Gasteiger partial charge in [0, 0.05) is 12.8 Å². The van der Waals surface area contributed by atoms with E-state index in [2.05, 4.69) is 66.9 Å². The number of allylic oxidation sites excluding steroid dienone is 11. The lowest BCUT2D eigenvalue weighted by molar-refractivity contribution is -0.302. The Balaban J connectivity index is 1.89. The first-order valence-electron chi connectivity index (χ1n) is 36.7. The van der Waals surface area contributed by atoms with E-state index in [1.54, 1.807) is 6.08 Å². The van der Waals surface area contributed by atoms with Crippen molar-refractivity contribution >= 4 is 11.9 Å². The minimum Gasteiger partial charge on any atom is -0.466 e. The van der Waals surface area contributed by atoms with Gasteiger partial charge in [-0.15, -0.1) is 0 Å². The smallest absolute Gasteiger partial charge is 0.305 e. The molecule has 87 heavy (non-hydrogen) atoms. The van der Waals surface area contributed by atoms with Crippen LogP contribution >= 0.6 is 0 Å². The fourth-order valence-corrected chi connectivity index (χ4v) is 11.3. The zero-order chi connectivity index (χ0) is 63.0. The standard InChI is InChI=1S/C76H137NO10/c1-3-5-7-9-11-13-14-40-44-48-52-56-60-64-72(81)85-65-61-57-53-49-45-42-39-37-35-33-31-29-27-25-23-21-19-17-15-16-18-20-22-24-26-28-30-32-34-36-38-41-43-47-51-55-59-63-71(80)77-68(69(79)62-58-54-50-46-12-10-8-6-4-2)67-86-76-75(84)74(83)73(82)70(66-78)87-76/h4,6,12-15,17,21,23,46,58,62,68-70,73-76,78-79,82-84H,3,5,7-11,16,18-20,22,24-45,47-57,59-61,63-67H2,1-2H3,(H,77,80)/b6-4+,14-13-,17-15-,23-21-,46-12+,62-58+. The molecule has 0 saturated carbocycles. The molecular weight excluding hydrogens is 1090 g/mol. The normalized spacial score (nSPS) is 18.3. The third-order valence-corrected chi connectivity index (χ3v) is 17.1. The second kappa shape index (κ2) is 64.6. The quantitative estimate of drug-likeness (QED) is 0.0195. The van der Waals surface area contributed by atoms with Crippen LogP contribution < -0.4 is 5.32 Å². The second-order valence-electron chi connectivity index (χ2n) is 25.3. The van der Waals surface area contributed by atoms with Crippen molar-refractivity contribution in [3.63, 3.8) is 0 Å². The Morgan fingerprint density at radius 1 is 0.448 bits per heavy atom. The molecule has 1 saturated heterocycles. The molecule has 0 radical (unpaired) electrons. The fourth-order valence-electron chi connectivity index (χ4n) is 11.3. The van der Waals surface area contributed by atoms with Crippen molar-refractivity contribution in [1.82, 2.24) is 5.32 Å². The highest BCUT2D eigenvalue weighted by atomic mass is 16.7. The predicted molar refractivity (Wildman–Crippen MR) is 366 cm³/mol. The maximum Gasteiger partial charge on any atom is 0.305 e. The van der Waals surface area contributed by atoms with Crippen LogP contribution in [0.3, 0.4) is 0 Å². The highest BCUT2D eigenvalue weighted by molar-refractivity contribution is 5.76. The van der Waals surface area contributed by atoms with Crippen LogP contribution in [0.25, 0.3) is 0 Å². The first kappa shape index (κ1) is 82.1. The summed E-state index contributed by atoms with van der Waals surface area (Å²) >= 11 is 0. The molecule has 1 heterocycles. The molecule has 0 spiro atoms. The Kier molecular flexibility index (Phi) is 61.0. The molecular formula is C76H137NO10. The molecule has 1 rings (SSSR count). The second-order valence-corrected chi connectivity index (χ2v) is 25.3. The van der Waals surface area contributed by atoms with Gasteiger partial charge in [0.15, 0.2) is 6.29 Å². The van der Waals surface area contributed by atoms with Crippen LogP contribution in [0.2, 0.25) is 0 Å². The van der Waals surface area contributed by atoms with Crippen LogP contribution in [0.15, 0.2) is 72.9 Å². The maximum atomic E-state index is 13.0. The van der Waals surface area contributed by atoms with Crippen molar-refractivity contribution in [3.05, 3.63) is 72.9 Å². The number of aliphatic hydroxyl groups excluding tert-OH is 5. The molecule has 0 aromatic rings. The summed E-state index contributed by atoms with van der Waals surface area (Å²) in [6, 6.07) is -0.832. The van der Waals surface area contributed by atoms with Crippen molar-refractivity contribution < 1.29 is 49.3 Å². The van der Waals surface area contributed by atoms with Gasteiger partial charge in [-0.25, -0.2) is 0 Å². The summed E-state index contributed by atoms with van der Waals surface area (Å²) in [5, 5.41) is 54.2. The molecule has 0 aromatic heterocycles. The lowest BCUT2D eigenvalue weighted by Gasteiger charge is -2.40. The number of nitrogens with one attached hydrogen (secondary N) is 1. The molecule has 11 nitrogen and oxygen atoms in total. The van der Waals surface area contributed by atoms with Gasteiger partial charge in [0.1, 0.15) is 24.4 Å². The number of rotatable bonds is 64. The lowest BCUT2D eigenvalue weighted by Crippen LogP contribution is -2.60. The van der Waals surface area contributed by atoms with Crippen LogP contribution in [0.4, 0.5) is 0 Å². The Labute approximate surface area is 534 Å². The summed E-state index contributed by atoms with van der Waals surface area (Å²) in [5.74, 6) is -0.194. The minimum absolute atomic E-state index is 0.00262. The number of carbonyl (C=O) groups excluding carboxylic acids is 2. The van der Waals surface area contributed by atoms with Gasteiger partial charge in [-0.2, -0.15) is 0 Å². The van der Waals surface area contributed by atoms with E-state index in [0.717, 1.165) is 70.6 Å². The molecule has 0 aliphatic carbocycles. The Bertz CT molecular complexity index is 1680. The molecule has 1 aliphatic rings. The van der Waals surface area contributed by atoms with E-state index < -0.39 is 49.5 Å². The molecule has 1 aliphatic heterocycles. The van der Waals surface area contributed by atoms with Crippen molar-refractivity contribution in [2.75, 3.05) is 19.8 Å². The van der Waals surface area contributed by atoms with Gasteiger partial charge < -0.3 is 45.1 Å². The zero-order valence-electron chi connectivity index (χ0n) is 56.2. The maximum absolute atomic E-state index is 13.0. The van der Waals surface area contributed by atoms with Crippen molar-refractivity contribution in [1.29, 1.82) is 0 Å². The van der Waals surface area contributed by atoms with Gasteiger partial charge in [-0.05, 0) is 110 Å². The average molecular weight is 1220 g/mol. The highest BCUT2D eigenvalue weighted by Gasteiger charge is 2.44. The molecule has 11 heteroatoms. The first-order valence-corrected chi connectivity index (χ1v) is 36.7. The number of aliphatic hydroxyl groups is 5. The van der Waals surface area contributed by atoms with E-state index in [4.69, 9.17) is 14.2 Å². The highest BCUT2D eigenvalue weighted by Crippen LogP contribution is 2.23. The van der Waals surface area contributed by atoms with Crippen molar-refractivity contribution in [3.8, 4) is 0 Å². The topological polar surface area (TPSA) is 175 Å². The summed E-state index contributed by atoms with van der Waals surface area (Å²) in [7, 11) is 0. The average Bonchev–Trinajstić information content (AvgIpc) is 1.99. The SMILES string of the molecule is C/C=C/CC/C=C/CC/C=C/C(O)C(COC1OC(CO)C(O)C(O)C1O)NC(=O)CCCCCCCCCCCCCCCCCCC/C=C\C/C=C\CCCCCCCCCCCCCCCOC(=O)CCCCCCC/C=C\CCCCCC. The number of esters is 1. The first-order chi connectivity index (χ1) is 42.7. The van der Waals surface area contributed by atoms with Crippen LogP contribution in [-0.4, -0.2) is 100 Å². The third kappa shape index (κ3) is 53.5. The number of carbonyl (C=O) groups is 2. The van der Waals surface area contributed by atoms with Crippen molar-refractivity contribution in [2.45, 2.75) is 378 Å². The van der Waals surface area contributed by atoms with E-state index in [1.165, 1.54) is 238 Å². The van der Waals surface area contributed by atoms with Gasteiger partial charge in [0.25, 0.3) is 0 Å². The number of hydrogen-bond acceptors (Lipinski definition) is 10. The van der Waals surface area contributed by atoms with E-state index in [9.17, 15) is 35.1 Å². The van der Waals surface area contributed by atoms with Gasteiger partial charge in [-0.1, -0.05) is 285 Å². The largest absolute Gasteiger partial charge is 0.466 e. The summed E-state index contributed by atoms with van der Waals surface area (Å²) in [6.07, 6.45) is 78.1. The summed E-state index contributed by atoms with van der Waals surface area (Å²) in [5.41, 5.74) is 0. The van der Waals surface area contributed by atoms with Gasteiger partial charge in [0.05, 0.1) is 32.0 Å². The van der Waals surface area contributed by atoms with Crippen LogP contribution in [0.1, 0.15) is 335 Å². The molecule has 6 N–H and O–H groups in total. The predicted octanol–water partition coefficient (Wildman–Crippen LogP) is 19.1. The Hall–Kier alpha value is -2.90. The lowest BCUT2D eigenvalue weighted by atomic mass is 9.99. The van der Waals surface area contributed by atoms with E-state index in [1.807, 2.05) is 19.1 Å². The molecule has 1 fully saturated rings. The minimum atomic E-state index is -1.58. The van der Waals surface area contributed by atoms with Crippen LogP contribution in [0, 0.1) is 0 Å². The molecule has 0 bridgehead atoms. The molecule has 7 atom stereocenters. The molecule has 7 unspecified atom stereocenters. The van der Waals surface area contributed by atoms with Crippen LogP contribution in [0.5, 0.6) is 0 Å². The fraction of sp³-hybridized carbons (Fsp3) is 0.816. The number of unbranched alkanes of at least 4 members (excludes halogenated alkanes) is 41. The van der Waals surface area contributed by atoms with Crippen molar-refractivity contribution in [2.24, 2.45) is 0 Å². The summed E-state index contributed by atoms with van der Waals surface area (Å²) in [6.45, 7) is 4.09. The molecule has 0 aromatic carbocycles. The van der Waals surface area contributed by atoms with Gasteiger partial charge in [-0.3, -0.25) is 9.59 Å². The Morgan fingerprint density at radius 3 is 1.28 bits per heavy atom. The van der Waals surface area contributed by atoms with Crippen LogP contribution in [-0.2, 0) is 23.8 Å². The van der Waals surface area contributed by atoms with E-state index in [-0.39, 0.29) is 18.5 Å². The molecule has 506 valence electrons. The zero-order valence-corrected chi connectivity index (χ0v) is 56.2. The summed E-state index contributed by atoms with van der Waals surface area (Å²) in [4.78, 5) is 25.1.